The quantitative estimate of drug-likeness (QED) is 0.574. The van der Waals surface area contributed by atoms with Gasteiger partial charge in [-0.2, -0.15) is 0 Å². The summed E-state index contributed by atoms with van der Waals surface area (Å²) in [6, 6.07) is 16.5. The average molecular weight is 401 g/mol. The topological polar surface area (TPSA) is 45.5 Å². The van der Waals surface area contributed by atoms with E-state index in [-0.39, 0.29) is 11.7 Å². The largest absolute Gasteiger partial charge is 0.451 e. The molecule has 6 heteroatoms. The molecule has 1 saturated heterocycles. The lowest BCUT2D eigenvalue weighted by Gasteiger charge is -2.18. The number of hydrogen-bond acceptors (Lipinski definition) is 3. The second-order valence-electron chi connectivity index (χ2n) is 6.46. The van der Waals surface area contributed by atoms with Gasteiger partial charge in [-0.15, -0.1) is 0 Å². The highest BCUT2D eigenvalue weighted by molar-refractivity contribution is 6.43. The Hall–Kier alpha value is -2.43. The van der Waals surface area contributed by atoms with E-state index in [0.29, 0.717) is 21.4 Å². The molecular formula is C21H18Cl2N2O2. The van der Waals surface area contributed by atoms with Crippen LogP contribution in [0.1, 0.15) is 23.4 Å². The minimum Gasteiger partial charge on any atom is -0.451 e. The Bertz CT molecular complexity index is 978. The SMILES string of the molecule is O=C(Nc1cccc(N2CCCC2)c1)c1ccc(-c2cccc(Cl)c2Cl)o1. The highest BCUT2D eigenvalue weighted by Crippen LogP contribution is 2.34. The summed E-state index contributed by atoms with van der Waals surface area (Å²) in [6.07, 6.45) is 2.41. The molecule has 1 aliphatic heterocycles. The highest BCUT2D eigenvalue weighted by atomic mass is 35.5. The Kier molecular flexibility index (Phi) is 5.10. The van der Waals surface area contributed by atoms with Gasteiger partial charge in [-0.05, 0) is 55.3 Å². The summed E-state index contributed by atoms with van der Waals surface area (Å²) in [5.41, 5.74) is 2.51. The number of benzene rings is 2. The highest BCUT2D eigenvalue weighted by Gasteiger charge is 2.16. The molecule has 0 atom stereocenters. The molecule has 1 aliphatic rings. The van der Waals surface area contributed by atoms with Gasteiger partial charge >= 0.3 is 0 Å². The number of carbonyl (C=O) groups is 1. The van der Waals surface area contributed by atoms with Gasteiger partial charge in [-0.3, -0.25) is 4.79 Å². The van der Waals surface area contributed by atoms with Gasteiger partial charge < -0.3 is 14.6 Å². The number of nitrogens with zero attached hydrogens (tertiary/aromatic N) is 1. The van der Waals surface area contributed by atoms with Crippen LogP contribution in [0.15, 0.2) is 59.0 Å². The van der Waals surface area contributed by atoms with Crippen molar-refractivity contribution in [2.24, 2.45) is 0 Å². The first-order chi connectivity index (χ1) is 13.1. The monoisotopic (exact) mass is 400 g/mol. The van der Waals surface area contributed by atoms with E-state index in [9.17, 15) is 4.79 Å². The van der Waals surface area contributed by atoms with E-state index in [1.165, 1.54) is 12.8 Å². The predicted molar refractivity (Wildman–Crippen MR) is 110 cm³/mol. The lowest BCUT2D eigenvalue weighted by molar-refractivity contribution is 0.0997. The Morgan fingerprint density at radius 3 is 2.59 bits per heavy atom. The van der Waals surface area contributed by atoms with Gasteiger partial charge in [-0.25, -0.2) is 0 Å². The number of amides is 1. The summed E-state index contributed by atoms with van der Waals surface area (Å²) in [5, 5.41) is 3.74. The fourth-order valence-electron chi connectivity index (χ4n) is 3.25. The van der Waals surface area contributed by atoms with E-state index < -0.39 is 0 Å². The summed E-state index contributed by atoms with van der Waals surface area (Å²) in [5.74, 6) is 0.407. The van der Waals surface area contributed by atoms with E-state index in [0.717, 1.165) is 24.5 Å². The van der Waals surface area contributed by atoms with Crippen LogP contribution in [0.5, 0.6) is 0 Å². The molecule has 1 amide bonds. The van der Waals surface area contributed by atoms with Crippen LogP contribution >= 0.6 is 23.2 Å². The van der Waals surface area contributed by atoms with E-state index in [1.807, 2.05) is 18.2 Å². The Labute approximate surface area is 167 Å². The lowest BCUT2D eigenvalue weighted by atomic mass is 10.2. The van der Waals surface area contributed by atoms with Gasteiger partial charge in [0, 0.05) is 30.0 Å². The van der Waals surface area contributed by atoms with Crippen molar-refractivity contribution in [3.63, 3.8) is 0 Å². The molecule has 4 nitrogen and oxygen atoms in total. The first kappa shape index (κ1) is 18.0. The average Bonchev–Trinajstić information content (AvgIpc) is 3.36. The second-order valence-corrected chi connectivity index (χ2v) is 7.25. The van der Waals surface area contributed by atoms with Gasteiger partial charge in [0.1, 0.15) is 5.76 Å². The van der Waals surface area contributed by atoms with Gasteiger partial charge in [0.05, 0.1) is 10.0 Å². The lowest BCUT2D eigenvalue weighted by Crippen LogP contribution is -2.18. The third-order valence-electron chi connectivity index (χ3n) is 4.62. The second kappa shape index (κ2) is 7.67. The standard InChI is InChI=1S/C21H18Cl2N2O2/c22-17-8-4-7-16(20(17)23)18-9-10-19(27-18)21(26)24-14-5-3-6-15(13-14)25-11-1-2-12-25/h3-10,13H,1-2,11-12H2,(H,24,26). The van der Waals surface area contributed by atoms with Crippen LogP contribution in [0.2, 0.25) is 10.0 Å². The fraction of sp³-hybridized carbons (Fsp3) is 0.190. The molecule has 0 unspecified atom stereocenters. The van der Waals surface area contributed by atoms with Crippen LogP contribution in [-0.4, -0.2) is 19.0 Å². The number of nitrogens with one attached hydrogen (secondary N) is 1. The third-order valence-corrected chi connectivity index (χ3v) is 5.44. The van der Waals surface area contributed by atoms with Crippen molar-refractivity contribution in [3.8, 4) is 11.3 Å². The molecule has 1 N–H and O–H groups in total. The maximum atomic E-state index is 12.6. The molecule has 27 heavy (non-hydrogen) atoms. The molecule has 0 bridgehead atoms. The van der Waals surface area contributed by atoms with E-state index >= 15 is 0 Å². The number of carbonyl (C=O) groups excluding carboxylic acids is 1. The van der Waals surface area contributed by atoms with Crippen LogP contribution in [-0.2, 0) is 0 Å². The van der Waals surface area contributed by atoms with Crippen molar-refractivity contribution >= 4 is 40.5 Å². The van der Waals surface area contributed by atoms with Crippen LogP contribution in [0.25, 0.3) is 11.3 Å². The number of hydrogen-bond donors (Lipinski definition) is 1. The van der Waals surface area contributed by atoms with E-state index in [4.69, 9.17) is 27.6 Å². The number of rotatable bonds is 4. The minimum absolute atomic E-state index is 0.215. The molecule has 1 aromatic heterocycles. The molecule has 4 rings (SSSR count). The first-order valence-corrected chi connectivity index (χ1v) is 9.58. The first-order valence-electron chi connectivity index (χ1n) is 8.82. The van der Waals surface area contributed by atoms with Gasteiger partial charge in [0.2, 0.25) is 0 Å². The van der Waals surface area contributed by atoms with Gasteiger partial charge in [-0.1, -0.05) is 35.3 Å². The normalized spacial score (nSPS) is 13.8. The van der Waals surface area contributed by atoms with E-state index in [1.54, 1.807) is 30.3 Å². The van der Waals surface area contributed by atoms with Crippen LogP contribution in [0.3, 0.4) is 0 Å². The maximum absolute atomic E-state index is 12.6. The molecular weight excluding hydrogens is 383 g/mol. The Morgan fingerprint density at radius 2 is 1.78 bits per heavy atom. The van der Waals surface area contributed by atoms with Crippen LogP contribution < -0.4 is 10.2 Å². The van der Waals surface area contributed by atoms with Gasteiger partial charge in [0.25, 0.3) is 5.91 Å². The number of anilines is 2. The Balaban J connectivity index is 1.52. The molecule has 3 aromatic rings. The summed E-state index contributed by atoms with van der Waals surface area (Å²) >= 11 is 12.3. The molecule has 2 aromatic carbocycles. The fourth-order valence-corrected chi connectivity index (χ4v) is 3.64. The van der Waals surface area contributed by atoms with Crippen molar-refractivity contribution in [1.82, 2.24) is 0 Å². The Morgan fingerprint density at radius 1 is 1.00 bits per heavy atom. The summed E-state index contributed by atoms with van der Waals surface area (Å²) in [7, 11) is 0. The summed E-state index contributed by atoms with van der Waals surface area (Å²) in [6.45, 7) is 2.11. The molecule has 0 aliphatic carbocycles. The third kappa shape index (κ3) is 3.82. The van der Waals surface area contributed by atoms with Crippen molar-refractivity contribution in [3.05, 3.63) is 70.4 Å². The summed E-state index contributed by atoms with van der Waals surface area (Å²) in [4.78, 5) is 14.9. The van der Waals surface area contributed by atoms with Crippen LogP contribution in [0, 0.1) is 0 Å². The van der Waals surface area contributed by atoms with Crippen molar-refractivity contribution in [2.45, 2.75) is 12.8 Å². The molecule has 2 heterocycles. The molecule has 0 saturated carbocycles. The summed E-state index contributed by atoms with van der Waals surface area (Å²) < 4.78 is 5.70. The van der Waals surface area contributed by atoms with Crippen molar-refractivity contribution in [1.29, 1.82) is 0 Å². The predicted octanol–water partition coefficient (Wildman–Crippen LogP) is 6.11. The molecule has 0 spiro atoms. The maximum Gasteiger partial charge on any atom is 0.291 e. The molecule has 1 fully saturated rings. The van der Waals surface area contributed by atoms with Crippen molar-refractivity contribution < 1.29 is 9.21 Å². The smallest absolute Gasteiger partial charge is 0.291 e. The zero-order chi connectivity index (χ0) is 18.8. The zero-order valence-electron chi connectivity index (χ0n) is 14.5. The minimum atomic E-state index is -0.307. The van der Waals surface area contributed by atoms with Crippen LogP contribution in [0.4, 0.5) is 11.4 Å². The zero-order valence-corrected chi connectivity index (χ0v) is 16.1. The molecule has 0 radical (unpaired) electrons. The van der Waals surface area contributed by atoms with E-state index in [2.05, 4.69) is 16.3 Å². The van der Waals surface area contributed by atoms with Crippen molar-refractivity contribution in [2.75, 3.05) is 23.3 Å². The molecule has 138 valence electrons. The number of furan rings is 1. The van der Waals surface area contributed by atoms with Gasteiger partial charge in [0.15, 0.2) is 5.76 Å². The number of halogens is 2.